The minimum Gasteiger partial charge on any atom is -0.377 e. The Morgan fingerprint density at radius 2 is 2.38 bits per heavy atom. The number of H-pyrrole nitrogens is 1. The van der Waals surface area contributed by atoms with Gasteiger partial charge in [-0.25, -0.2) is 4.39 Å². The van der Waals surface area contributed by atoms with Crippen LogP contribution < -0.4 is 0 Å². The summed E-state index contributed by atoms with van der Waals surface area (Å²) in [5, 5.41) is 7.00. The minimum atomic E-state index is -0.314. The van der Waals surface area contributed by atoms with Gasteiger partial charge in [-0.15, -0.1) is 0 Å². The zero-order valence-electron chi connectivity index (χ0n) is 13.7. The second-order valence-corrected chi connectivity index (χ2v) is 6.81. The number of hydrogen-bond acceptors (Lipinski definition) is 4. The van der Waals surface area contributed by atoms with Crippen molar-refractivity contribution in [2.45, 2.75) is 30.6 Å². The molecule has 1 aromatic heterocycles. The fourth-order valence-corrected chi connectivity index (χ4v) is 4.08. The molecule has 128 valence electrons. The molecule has 0 bridgehead atoms. The predicted molar refractivity (Wildman–Crippen MR) is 87.1 cm³/mol. The summed E-state index contributed by atoms with van der Waals surface area (Å²) in [5.41, 5.74) is 1.78. The van der Waals surface area contributed by atoms with Gasteiger partial charge in [0.2, 0.25) is 0 Å². The molecule has 0 radical (unpaired) electrons. The van der Waals surface area contributed by atoms with Crippen LogP contribution in [0.2, 0.25) is 0 Å². The highest BCUT2D eigenvalue weighted by Gasteiger charge is 2.53. The number of nitrogens with one attached hydrogen (secondary N) is 1. The van der Waals surface area contributed by atoms with Gasteiger partial charge in [0.15, 0.2) is 0 Å². The van der Waals surface area contributed by atoms with E-state index in [0.717, 1.165) is 37.3 Å². The Bertz CT molecular complexity index is 693. The molecular weight excluding hydrogens is 309 g/mol. The second-order valence-electron chi connectivity index (χ2n) is 6.81. The molecule has 0 saturated carbocycles. The molecule has 2 aromatic rings. The average Bonchev–Trinajstić information content (AvgIpc) is 3.29. The quantitative estimate of drug-likeness (QED) is 0.934. The molecule has 5 nitrogen and oxygen atoms in total. The van der Waals surface area contributed by atoms with Crippen LogP contribution in [0.4, 0.5) is 4.39 Å². The van der Waals surface area contributed by atoms with E-state index in [0.29, 0.717) is 6.61 Å². The Morgan fingerprint density at radius 1 is 1.46 bits per heavy atom. The van der Waals surface area contributed by atoms with Crippen LogP contribution in [0.1, 0.15) is 23.6 Å². The smallest absolute Gasteiger partial charge is 0.123 e. The first-order valence-electron chi connectivity index (χ1n) is 8.31. The van der Waals surface area contributed by atoms with E-state index in [1.165, 1.54) is 6.07 Å². The van der Waals surface area contributed by atoms with Crippen molar-refractivity contribution in [1.29, 1.82) is 0 Å². The highest BCUT2D eigenvalue weighted by atomic mass is 19.1. The van der Waals surface area contributed by atoms with E-state index in [1.807, 2.05) is 12.1 Å². The number of halogens is 1. The summed E-state index contributed by atoms with van der Waals surface area (Å²) in [4.78, 5) is 2.33. The number of aromatic nitrogens is 2. The summed E-state index contributed by atoms with van der Waals surface area (Å²) in [7, 11) is 1.74. The van der Waals surface area contributed by atoms with Crippen LogP contribution in [0, 0.1) is 5.82 Å². The Hall–Kier alpha value is -1.76. The molecule has 2 aliphatic rings. The van der Waals surface area contributed by atoms with Crippen LogP contribution in [-0.4, -0.2) is 53.6 Å². The van der Waals surface area contributed by atoms with Gasteiger partial charge in [0.05, 0.1) is 12.7 Å². The summed E-state index contributed by atoms with van der Waals surface area (Å²) in [6.07, 6.45) is 2.65. The third-order valence-corrected chi connectivity index (χ3v) is 5.22. The first-order chi connectivity index (χ1) is 11.7. The van der Waals surface area contributed by atoms with Gasteiger partial charge in [-0.2, -0.15) is 5.10 Å². The molecule has 4 rings (SSSR count). The van der Waals surface area contributed by atoms with Crippen molar-refractivity contribution < 1.29 is 13.9 Å². The molecule has 0 aliphatic carbocycles. The van der Waals surface area contributed by atoms with Gasteiger partial charge in [-0.05, 0) is 30.2 Å². The first kappa shape index (κ1) is 15.7. The highest BCUT2D eigenvalue weighted by molar-refractivity contribution is 5.24. The summed E-state index contributed by atoms with van der Waals surface area (Å²) in [6, 6.07) is 8.83. The highest BCUT2D eigenvalue weighted by Crippen LogP contribution is 2.43. The Balaban J connectivity index is 1.49. The maximum atomic E-state index is 13.5. The molecule has 0 unspecified atom stereocenters. The number of benzene rings is 1. The van der Waals surface area contributed by atoms with Crippen LogP contribution in [0.15, 0.2) is 36.5 Å². The van der Waals surface area contributed by atoms with Gasteiger partial charge in [-0.3, -0.25) is 10.00 Å². The van der Waals surface area contributed by atoms with Crippen LogP contribution in [-0.2, 0) is 16.0 Å². The summed E-state index contributed by atoms with van der Waals surface area (Å²) in [6.45, 7) is 3.05. The van der Waals surface area contributed by atoms with E-state index < -0.39 is 0 Å². The molecule has 2 fully saturated rings. The van der Waals surface area contributed by atoms with Crippen LogP contribution in [0.25, 0.3) is 0 Å². The van der Waals surface area contributed by atoms with E-state index in [2.05, 4.69) is 15.1 Å². The lowest BCUT2D eigenvalue weighted by molar-refractivity contribution is -0.0757. The summed E-state index contributed by atoms with van der Waals surface area (Å²) in [5.74, 6) is 0.0227. The van der Waals surface area contributed by atoms with Crippen LogP contribution in [0.3, 0.4) is 0 Å². The van der Waals surface area contributed by atoms with Crippen molar-refractivity contribution in [3.8, 4) is 0 Å². The maximum absolute atomic E-state index is 13.5. The third kappa shape index (κ3) is 2.85. The molecule has 0 amide bonds. The van der Waals surface area contributed by atoms with E-state index in [4.69, 9.17) is 9.47 Å². The molecule has 1 spiro atoms. The van der Waals surface area contributed by atoms with Crippen molar-refractivity contribution in [2.75, 3.05) is 26.8 Å². The monoisotopic (exact) mass is 331 g/mol. The molecule has 1 aromatic carbocycles. The zero-order valence-corrected chi connectivity index (χ0v) is 13.7. The average molecular weight is 331 g/mol. The number of aromatic amines is 1. The number of likely N-dealkylation sites (tertiary alicyclic amines) is 1. The van der Waals surface area contributed by atoms with Crippen molar-refractivity contribution in [3.63, 3.8) is 0 Å². The largest absolute Gasteiger partial charge is 0.377 e. The predicted octanol–water partition coefficient (Wildman–Crippen LogP) is 2.32. The molecule has 6 heteroatoms. The van der Waals surface area contributed by atoms with E-state index in [1.54, 1.807) is 25.4 Å². The summed E-state index contributed by atoms with van der Waals surface area (Å²) >= 11 is 0. The van der Waals surface area contributed by atoms with Gasteiger partial charge in [-0.1, -0.05) is 12.1 Å². The van der Waals surface area contributed by atoms with E-state index >= 15 is 0 Å². The van der Waals surface area contributed by atoms with E-state index in [9.17, 15) is 4.39 Å². The number of rotatable bonds is 4. The number of hydrogen-bond donors (Lipinski definition) is 1. The zero-order chi connectivity index (χ0) is 16.6. The number of ether oxygens (including phenoxy) is 2. The maximum Gasteiger partial charge on any atom is 0.123 e. The third-order valence-electron chi connectivity index (χ3n) is 5.22. The lowest BCUT2D eigenvalue weighted by Gasteiger charge is -2.28. The van der Waals surface area contributed by atoms with Crippen molar-refractivity contribution in [2.24, 2.45) is 0 Å². The molecule has 2 saturated heterocycles. The van der Waals surface area contributed by atoms with Crippen molar-refractivity contribution in [1.82, 2.24) is 15.1 Å². The Kier molecular flexibility index (Phi) is 4.12. The Morgan fingerprint density at radius 3 is 3.12 bits per heavy atom. The topological polar surface area (TPSA) is 50.4 Å². The van der Waals surface area contributed by atoms with Gasteiger partial charge < -0.3 is 9.47 Å². The van der Waals surface area contributed by atoms with Crippen molar-refractivity contribution >= 4 is 0 Å². The molecule has 1 N–H and O–H groups in total. The van der Waals surface area contributed by atoms with E-state index in [-0.39, 0.29) is 23.4 Å². The standard InChI is InChI=1S/C18H22FN3O2/c1-23-17-10-22(9-16-5-6-20-21-16)12-18(17)8-14(11-24-18)13-3-2-4-15(19)7-13/h2-7,14,17H,8-12H2,1H3,(H,20,21)/t14-,17+,18+/m0/s1. The van der Waals surface area contributed by atoms with Gasteiger partial charge in [0, 0.05) is 44.6 Å². The normalized spacial score (nSPS) is 30.4. The lowest BCUT2D eigenvalue weighted by atomic mass is 9.87. The SMILES string of the molecule is CO[C@@H]1CN(Cc2ccn[nH]2)C[C@]12C[C@H](c1cccc(F)c1)CO2. The second kappa shape index (κ2) is 6.27. The van der Waals surface area contributed by atoms with Gasteiger partial charge in [0.1, 0.15) is 11.4 Å². The van der Waals surface area contributed by atoms with Gasteiger partial charge >= 0.3 is 0 Å². The molecule has 3 atom stereocenters. The number of nitrogens with zero attached hydrogens (tertiary/aromatic N) is 2. The number of methoxy groups -OCH3 is 1. The first-order valence-corrected chi connectivity index (χ1v) is 8.31. The van der Waals surface area contributed by atoms with Crippen LogP contribution in [0.5, 0.6) is 0 Å². The van der Waals surface area contributed by atoms with Crippen LogP contribution >= 0.6 is 0 Å². The lowest BCUT2D eigenvalue weighted by Crippen LogP contribution is -2.42. The van der Waals surface area contributed by atoms with Crippen molar-refractivity contribution in [3.05, 3.63) is 53.6 Å². The fourth-order valence-electron chi connectivity index (χ4n) is 4.08. The van der Waals surface area contributed by atoms with Gasteiger partial charge in [0.25, 0.3) is 0 Å². The molecule has 2 aliphatic heterocycles. The molecule has 3 heterocycles. The molecular formula is C18H22FN3O2. The summed E-state index contributed by atoms with van der Waals surface area (Å²) < 4.78 is 25.5. The minimum absolute atomic E-state index is 0.0268. The fraction of sp³-hybridized carbons (Fsp3) is 0.500. The molecule has 24 heavy (non-hydrogen) atoms. The Labute approximate surface area is 140 Å².